The van der Waals surface area contributed by atoms with Crippen molar-refractivity contribution in [1.82, 2.24) is 10.3 Å². The minimum Gasteiger partial charge on any atom is -0.397 e. The van der Waals surface area contributed by atoms with Crippen LogP contribution in [-0.2, 0) is 4.74 Å². The molecule has 0 atom stereocenters. The number of aromatic nitrogens is 1. The molecule has 1 heterocycles. The van der Waals surface area contributed by atoms with Crippen molar-refractivity contribution in [3.63, 3.8) is 0 Å². The molecule has 1 amide bonds. The van der Waals surface area contributed by atoms with Gasteiger partial charge in [-0.05, 0) is 42.3 Å². The molecule has 0 aliphatic heterocycles. The number of halogens is 1. The van der Waals surface area contributed by atoms with Crippen LogP contribution in [0, 0.1) is 0 Å². The lowest BCUT2D eigenvalue weighted by molar-refractivity contribution is 0.0757. The van der Waals surface area contributed by atoms with E-state index < -0.39 is 0 Å². The second-order valence-corrected chi connectivity index (χ2v) is 4.89. The molecule has 6 heteroatoms. The van der Waals surface area contributed by atoms with Crippen LogP contribution < -0.4 is 11.1 Å². The van der Waals surface area contributed by atoms with Gasteiger partial charge in [-0.3, -0.25) is 4.79 Å². The van der Waals surface area contributed by atoms with E-state index in [1.54, 1.807) is 6.07 Å². The number of amides is 1. The van der Waals surface area contributed by atoms with Gasteiger partial charge in [-0.15, -0.1) is 0 Å². The maximum absolute atomic E-state index is 11.8. The van der Waals surface area contributed by atoms with Crippen LogP contribution in [0.15, 0.2) is 16.9 Å². The van der Waals surface area contributed by atoms with Crippen LogP contribution in [0.2, 0.25) is 0 Å². The molecule has 1 rings (SSSR count). The summed E-state index contributed by atoms with van der Waals surface area (Å²) in [5.41, 5.74) is 6.50. The zero-order valence-electron chi connectivity index (χ0n) is 10.6. The van der Waals surface area contributed by atoms with Crippen LogP contribution in [0.25, 0.3) is 0 Å². The van der Waals surface area contributed by atoms with E-state index in [1.165, 1.54) is 6.20 Å². The molecule has 0 saturated carbocycles. The summed E-state index contributed by atoms with van der Waals surface area (Å²) in [6.45, 7) is 5.16. The number of nitrogens with one attached hydrogen (secondary N) is 1. The molecule has 100 valence electrons. The number of nitrogens with zero attached hydrogens (tertiary/aromatic N) is 1. The average molecular weight is 316 g/mol. The quantitative estimate of drug-likeness (QED) is 0.621. The van der Waals surface area contributed by atoms with Gasteiger partial charge in [0.1, 0.15) is 4.60 Å². The first-order valence-electron chi connectivity index (χ1n) is 5.81. The fraction of sp³-hybridized carbons (Fsp3) is 0.500. The van der Waals surface area contributed by atoms with Crippen LogP contribution in [0.1, 0.15) is 30.6 Å². The molecule has 0 aliphatic rings. The number of hydrogen-bond acceptors (Lipinski definition) is 4. The number of ether oxygens (including phenoxy) is 1. The second-order valence-electron chi connectivity index (χ2n) is 4.14. The van der Waals surface area contributed by atoms with E-state index >= 15 is 0 Å². The minimum atomic E-state index is -0.189. The highest BCUT2D eigenvalue weighted by Gasteiger charge is 2.10. The molecule has 0 radical (unpaired) electrons. The van der Waals surface area contributed by atoms with Gasteiger partial charge >= 0.3 is 0 Å². The Labute approximate surface area is 115 Å². The van der Waals surface area contributed by atoms with E-state index in [0.717, 1.165) is 6.42 Å². The number of pyridine rings is 1. The van der Waals surface area contributed by atoms with Crippen molar-refractivity contribution in [3.05, 3.63) is 22.4 Å². The average Bonchev–Trinajstić information content (AvgIpc) is 2.31. The number of carbonyl (C=O) groups excluding carboxylic acids is 1. The molecule has 0 bridgehead atoms. The highest BCUT2D eigenvalue weighted by Crippen LogP contribution is 2.15. The topological polar surface area (TPSA) is 77.2 Å². The Bertz CT molecular complexity index is 410. The van der Waals surface area contributed by atoms with Crippen LogP contribution in [0.3, 0.4) is 0 Å². The smallest absolute Gasteiger partial charge is 0.254 e. The molecule has 0 spiro atoms. The predicted octanol–water partition coefficient (Wildman–Crippen LogP) is 1.97. The predicted molar refractivity (Wildman–Crippen MR) is 74.4 cm³/mol. The highest BCUT2D eigenvalue weighted by molar-refractivity contribution is 9.10. The van der Waals surface area contributed by atoms with Crippen molar-refractivity contribution in [1.29, 1.82) is 0 Å². The molecule has 5 nitrogen and oxygen atoms in total. The van der Waals surface area contributed by atoms with Crippen molar-refractivity contribution in [3.8, 4) is 0 Å². The Hall–Kier alpha value is -1.14. The fourth-order valence-corrected chi connectivity index (χ4v) is 1.71. The maximum atomic E-state index is 11.8. The normalized spacial score (nSPS) is 10.7. The lowest BCUT2D eigenvalue weighted by Crippen LogP contribution is -2.26. The SMILES string of the molecule is CC(C)OCCCNC(=O)c1cc(N)cnc1Br. The van der Waals surface area contributed by atoms with E-state index in [1.807, 2.05) is 13.8 Å². The lowest BCUT2D eigenvalue weighted by atomic mass is 10.2. The van der Waals surface area contributed by atoms with E-state index in [-0.39, 0.29) is 12.0 Å². The Morgan fingerprint density at radius 2 is 2.33 bits per heavy atom. The number of hydrogen-bond donors (Lipinski definition) is 2. The van der Waals surface area contributed by atoms with Crippen LogP contribution in [0.5, 0.6) is 0 Å². The van der Waals surface area contributed by atoms with Crippen molar-refractivity contribution >= 4 is 27.5 Å². The minimum absolute atomic E-state index is 0.189. The van der Waals surface area contributed by atoms with Crippen LogP contribution in [0.4, 0.5) is 5.69 Å². The van der Waals surface area contributed by atoms with Crippen molar-refractivity contribution in [2.24, 2.45) is 0 Å². The first kappa shape index (κ1) is 14.9. The summed E-state index contributed by atoms with van der Waals surface area (Å²) in [7, 11) is 0. The highest BCUT2D eigenvalue weighted by atomic mass is 79.9. The van der Waals surface area contributed by atoms with Crippen LogP contribution >= 0.6 is 15.9 Å². The molecule has 18 heavy (non-hydrogen) atoms. The Morgan fingerprint density at radius 3 is 3.00 bits per heavy atom. The summed E-state index contributed by atoms with van der Waals surface area (Å²) >= 11 is 3.22. The molecule has 0 fully saturated rings. The summed E-state index contributed by atoms with van der Waals surface area (Å²) in [5.74, 6) is -0.189. The lowest BCUT2D eigenvalue weighted by Gasteiger charge is -2.09. The molecule has 3 N–H and O–H groups in total. The molecule has 0 unspecified atom stereocenters. The molecular formula is C12H18BrN3O2. The Kier molecular flexibility index (Phi) is 6.07. The first-order chi connectivity index (χ1) is 8.50. The Balaban J connectivity index is 2.39. The van der Waals surface area contributed by atoms with Gasteiger partial charge in [-0.1, -0.05) is 0 Å². The van der Waals surface area contributed by atoms with Gasteiger partial charge in [0.2, 0.25) is 0 Å². The van der Waals surface area contributed by atoms with Gasteiger partial charge < -0.3 is 15.8 Å². The summed E-state index contributed by atoms with van der Waals surface area (Å²) in [5, 5.41) is 2.80. The van der Waals surface area contributed by atoms with Gasteiger partial charge in [0.15, 0.2) is 0 Å². The summed E-state index contributed by atoms with van der Waals surface area (Å²) in [6.07, 6.45) is 2.49. The number of nitrogens with two attached hydrogens (primary N) is 1. The van der Waals surface area contributed by atoms with E-state index in [9.17, 15) is 4.79 Å². The van der Waals surface area contributed by atoms with E-state index in [0.29, 0.717) is 29.0 Å². The van der Waals surface area contributed by atoms with Gasteiger partial charge in [0, 0.05) is 13.2 Å². The third kappa shape index (κ3) is 5.01. The molecular weight excluding hydrogens is 298 g/mol. The summed E-state index contributed by atoms with van der Waals surface area (Å²) < 4.78 is 5.87. The third-order valence-corrected chi connectivity index (χ3v) is 2.79. The standard InChI is InChI=1S/C12H18BrN3O2/c1-8(2)18-5-3-4-15-12(17)10-6-9(14)7-16-11(10)13/h6-8H,3-5,14H2,1-2H3,(H,15,17). The van der Waals surface area contributed by atoms with Gasteiger partial charge in [-0.2, -0.15) is 0 Å². The zero-order valence-corrected chi connectivity index (χ0v) is 12.2. The molecule has 1 aromatic rings. The van der Waals surface area contributed by atoms with Crippen LogP contribution in [-0.4, -0.2) is 30.1 Å². The number of anilines is 1. The number of carbonyl (C=O) groups is 1. The van der Waals surface area contributed by atoms with Crippen molar-refractivity contribution < 1.29 is 9.53 Å². The monoisotopic (exact) mass is 315 g/mol. The maximum Gasteiger partial charge on any atom is 0.254 e. The summed E-state index contributed by atoms with van der Waals surface area (Å²) in [4.78, 5) is 15.8. The zero-order chi connectivity index (χ0) is 13.5. The van der Waals surface area contributed by atoms with Crippen molar-refractivity contribution in [2.75, 3.05) is 18.9 Å². The fourth-order valence-electron chi connectivity index (χ4n) is 1.31. The Morgan fingerprint density at radius 1 is 1.61 bits per heavy atom. The molecule has 0 aliphatic carbocycles. The summed E-state index contributed by atoms with van der Waals surface area (Å²) in [6, 6.07) is 1.59. The first-order valence-corrected chi connectivity index (χ1v) is 6.61. The second kappa shape index (κ2) is 7.33. The van der Waals surface area contributed by atoms with E-state index in [2.05, 4.69) is 26.2 Å². The van der Waals surface area contributed by atoms with Crippen molar-refractivity contribution in [2.45, 2.75) is 26.4 Å². The molecule has 0 aromatic carbocycles. The molecule has 0 saturated heterocycles. The molecule has 1 aromatic heterocycles. The number of rotatable bonds is 6. The van der Waals surface area contributed by atoms with Gasteiger partial charge in [0.25, 0.3) is 5.91 Å². The largest absolute Gasteiger partial charge is 0.397 e. The van der Waals surface area contributed by atoms with Gasteiger partial charge in [0.05, 0.1) is 23.6 Å². The number of nitrogen functional groups attached to an aromatic ring is 1. The van der Waals surface area contributed by atoms with E-state index in [4.69, 9.17) is 10.5 Å². The third-order valence-electron chi connectivity index (χ3n) is 2.16. The van der Waals surface area contributed by atoms with Gasteiger partial charge in [-0.25, -0.2) is 4.98 Å².